The second kappa shape index (κ2) is 7.23. The van der Waals surface area contributed by atoms with Crippen LogP contribution in [0.5, 0.6) is 0 Å². The Morgan fingerprint density at radius 3 is 2.13 bits per heavy atom. The summed E-state index contributed by atoms with van der Waals surface area (Å²) in [6.45, 7) is 12.4. The SMILES string of the molecule is C=CCN(CC=C)C(=O)[C@H](N)CC(C)C. The highest BCUT2D eigenvalue weighted by Gasteiger charge is 2.19. The minimum atomic E-state index is -0.412. The summed E-state index contributed by atoms with van der Waals surface area (Å²) in [5, 5.41) is 0. The first-order valence-electron chi connectivity index (χ1n) is 5.29. The van der Waals surface area contributed by atoms with Crippen molar-refractivity contribution in [1.29, 1.82) is 0 Å². The Hall–Kier alpha value is -1.09. The van der Waals surface area contributed by atoms with Gasteiger partial charge in [-0.25, -0.2) is 0 Å². The summed E-state index contributed by atoms with van der Waals surface area (Å²) in [4.78, 5) is 13.5. The number of hydrogen-bond acceptors (Lipinski definition) is 2. The van der Waals surface area contributed by atoms with Crippen molar-refractivity contribution >= 4 is 5.91 Å². The Morgan fingerprint density at radius 1 is 1.33 bits per heavy atom. The van der Waals surface area contributed by atoms with Gasteiger partial charge in [-0.15, -0.1) is 13.2 Å². The number of amides is 1. The first kappa shape index (κ1) is 13.9. The maximum atomic E-state index is 11.9. The Morgan fingerprint density at radius 2 is 1.80 bits per heavy atom. The molecule has 3 nitrogen and oxygen atoms in total. The van der Waals surface area contributed by atoms with E-state index in [2.05, 4.69) is 27.0 Å². The highest BCUT2D eigenvalue weighted by Crippen LogP contribution is 2.06. The van der Waals surface area contributed by atoms with Crippen molar-refractivity contribution in [3.05, 3.63) is 25.3 Å². The molecule has 0 aliphatic heterocycles. The van der Waals surface area contributed by atoms with Crippen LogP contribution < -0.4 is 5.73 Å². The smallest absolute Gasteiger partial charge is 0.240 e. The van der Waals surface area contributed by atoms with Gasteiger partial charge in [0.1, 0.15) is 0 Å². The van der Waals surface area contributed by atoms with Gasteiger partial charge in [-0.1, -0.05) is 26.0 Å². The van der Waals surface area contributed by atoms with Gasteiger partial charge in [0.2, 0.25) is 5.91 Å². The lowest BCUT2D eigenvalue weighted by molar-refractivity contribution is -0.131. The van der Waals surface area contributed by atoms with E-state index in [1.54, 1.807) is 17.1 Å². The van der Waals surface area contributed by atoms with E-state index in [-0.39, 0.29) is 5.91 Å². The molecule has 15 heavy (non-hydrogen) atoms. The molecule has 1 atom stereocenters. The molecule has 86 valence electrons. The molecule has 0 spiro atoms. The Bertz CT molecular complexity index is 214. The van der Waals surface area contributed by atoms with E-state index in [0.717, 1.165) is 0 Å². The zero-order chi connectivity index (χ0) is 11.8. The number of nitrogens with zero attached hydrogens (tertiary/aromatic N) is 1. The lowest BCUT2D eigenvalue weighted by Crippen LogP contribution is -2.44. The average molecular weight is 210 g/mol. The molecular formula is C12H22N2O. The van der Waals surface area contributed by atoms with E-state index in [4.69, 9.17) is 5.73 Å². The van der Waals surface area contributed by atoms with Crippen LogP contribution >= 0.6 is 0 Å². The van der Waals surface area contributed by atoms with Crippen LogP contribution in [-0.2, 0) is 4.79 Å². The largest absolute Gasteiger partial charge is 0.334 e. The van der Waals surface area contributed by atoms with Gasteiger partial charge in [0.05, 0.1) is 6.04 Å². The van der Waals surface area contributed by atoms with Gasteiger partial charge in [0.25, 0.3) is 0 Å². The van der Waals surface area contributed by atoms with Crippen LogP contribution in [0.4, 0.5) is 0 Å². The Balaban J connectivity index is 4.33. The van der Waals surface area contributed by atoms with Crippen LogP contribution in [0.3, 0.4) is 0 Å². The molecule has 1 amide bonds. The topological polar surface area (TPSA) is 46.3 Å². The van der Waals surface area contributed by atoms with Gasteiger partial charge in [-0.2, -0.15) is 0 Å². The summed E-state index contributed by atoms with van der Waals surface area (Å²) < 4.78 is 0. The predicted molar refractivity (Wildman–Crippen MR) is 64.4 cm³/mol. The normalized spacial score (nSPS) is 12.3. The van der Waals surface area contributed by atoms with Gasteiger partial charge >= 0.3 is 0 Å². The number of nitrogens with two attached hydrogens (primary N) is 1. The van der Waals surface area contributed by atoms with Crippen LogP contribution in [0.2, 0.25) is 0 Å². The molecule has 0 rings (SSSR count). The van der Waals surface area contributed by atoms with Crippen molar-refractivity contribution in [3.63, 3.8) is 0 Å². The summed E-state index contributed by atoms with van der Waals surface area (Å²) in [5.41, 5.74) is 5.82. The van der Waals surface area contributed by atoms with E-state index < -0.39 is 6.04 Å². The van der Waals surface area contributed by atoms with Gasteiger partial charge in [-0.3, -0.25) is 4.79 Å². The third-order valence-electron chi connectivity index (χ3n) is 2.05. The molecule has 0 aromatic heterocycles. The molecule has 0 bridgehead atoms. The molecule has 0 aromatic rings. The Kier molecular flexibility index (Phi) is 6.71. The highest BCUT2D eigenvalue weighted by molar-refractivity contribution is 5.81. The number of rotatable bonds is 7. The molecular weight excluding hydrogens is 188 g/mol. The van der Waals surface area contributed by atoms with E-state index in [1.807, 2.05) is 0 Å². The molecule has 0 aliphatic rings. The van der Waals surface area contributed by atoms with E-state index in [9.17, 15) is 4.79 Å². The van der Waals surface area contributed by atoms with Gasteiger partial charge in [0.15, 0.2) is 0 Å². The predicted octanol–water partition coefficient (Wildman–Crippen LogP) is 1.56. The third kappa shape index (κ3) is 5.37. The zero-order valence-electron chi connectivity index (χ0n) is 9.78. The molecule has 0 heterocycles. The minimum Gasteiger partial charge on any atom is -0.334 e. The summed E-state index contributed by atoms with van der Waals surface area (Å²) >= 11 is 0. The fourth-order valence-corrected chi connectivity index (χ4v) is 1.41. The fourth-order valence-electron chi connectivity index (χ4n) is 1.41. The van der Waals surface area contributed by atoms with Crippen LogP contribution in [-0.4, -0.2) is 29.9 Å². The monoisotopic (exact) mass is 210 g/mol. The van der Waals surface area contributed by atoms with Crippen molar-refractivity contribution in [2.45, 2.75) is 26.3 Å². The van der Waals surface area contributed by atoms with Crippen LogP contribution in [0.25, 0.3) is 0 Å². The standard InChI is InChI=1S/C12H22N2O/c1-5-7-14(8-6-2)12(15)11(13)9-10(3)4/h5-6,10-11H,1-2,7-9,13H2,3-4H3/t11-/m1/s1. The summed E-state index contributed by atoms with van der Waals surface area (Å²) in [6.07, 6.45) is 4.11. The molecule has 0 unspecified atom stereocenters. The summed E-state index contributed by atoms with van der Waals surface area (Å²) in [7, 11) is 0. The van der Waals surface area contributed by atoms with E-state index in [1.165, 1.54) is 0 Å². The lowest BCUT2D eigenvalue weighted by Gasteiger charge is -2.24. The number of carbonyl (C=O) groups is 1. The van der Waals surface area contributed by atoms with Gasteiger partial charge in [0, 0.05) is 13.1 Å². The van der Waals surface area contributed by atoms with Crippen molar-refractivity contribution in [2.75, 3.05) is 13.1 Å². The Labute approximate surface area is 92.6 Å². The van der Waals surface area contributed by atoms with Crippen LogP contribution in [0.1, 0.15) is 20.3 Å². The van der Waals surface area contributed by atoms with E-state index in [0.29, 0.717) is 25.4 Å². The van der Waals surface area contributed by atoms with Crippen molar-refractivity contribution in [1.82, 2.24) is 4.90 Å². The first-order valence-corrected chi connectivity index (χ1v) is 5.29. The lowest BCUT2D eigenvalue weighted by atomic mass is 10.0. The number of carbonyl (C=O) groups excluding carboxylic acids is 1. The maximum Gasteiger partial charge on any atom is 0.240 e. The summed E-state index contributed by atoms with van der Waals surface area (Å²) in [5.74, 6) is 0.404. The quantitative estimate of drug-likeness (QED) is 0.648. The van der Waals surface area contributed by atoms with E-state index >= 15 is 0 Å². The molecule has 0 saturated heterocycles. The molecule has 0 saturated carbocycles. The fraction of sp³-hybridized carbons (Fsp3) is 0.583. The van der Waals surface area contributed by atoms with Gasteiger partial charge in [-0.05, 0) is 12.3 Å². The van der Waals surface area contributed by atoms with Crippen molar-refractivity contribution < 1.29 is 4.79 Å². The van der Waals surface area contributed by atoms with Gasteiger partial charge < -0.3 is 10.6 Å². The minimum absolute atomic E-state index is 0.0245. The average Bonchev–Trinajstić information content (AvgIpc) is 2.15. The van der Waals surface area contributed by atoms with Crippen LogP contribution in [0.15, 0.2) is 25.3 Å². The maximum absolute atomic E-state index is 11.9. The summed E-state index contributed by atoms with van der Waals surface area (Å²) in [6, 6.07) is -0.412. The molecule has 2 N–H and O–H groups in total. The van der Waals surface area contributed by atoms with Crippen molar-refractivity contribution in [3.8, 4) is 0 Å². The molecule has 3 heteroatoms. The molecule has 0 radical (unpaired) electrons. The second-order valence-corrected chi connectivity index (χ2v) is 4.06. The highest BCUT2D eigenvalue weighted by atomic mass is 16.2. The third-order valence-corrected chi connectivity index (χ3v) is 2.05. The van der Waals surface area contributed by atoms with Crippen molar-refractivity contribution in [2.24, 2.45) is 11.7 Å². The zero-order valence-corrected chi connectivity index (χ0v) is 9.78. The first-order chi connectivity index (χ1) is 7.02. The molecule has 0 fully saturated rings. The van der Waals surface area contributed by atoms with Crippen LogP contribution in [0, 0.1) is 5.92 Å². The molecule has 0 aliphatic carbocycles. The number of hydrogen-bond donors (Lipinski definition) is 1. The second-order valence-electron chi connectivity index (χ2n) is 4.06. The molecule has 0 aromatic carbocycles.